The van der Waals surface area contributed by atoms with Crippen molar-refractivity contribution in [3.63, 3.8) is 0 Å². The normalized spacial score (nSPS) is 25.3. The van der Waals surface area contributed by atoms with E-state index in [1.54, 1.807) is 23.0 Å². The molecule has 7 nitrogen and oxygen atoms in total. The largest absolute Gasteiger partial charge is 0.439 e. The Balaban J connectivity index is 1.54. The Bertz CT molecular complexity index is 710. The number of thiazole rings is 1. The van der Waals surface area contributed by atoms with Crippen molar-refractivity contribution in [3.05, 3.63) is 23.5 Å². The van der Waals surface area contributed by atoms with Crippen molar-refractivity contribution < 1.29 is 14.3 Å². The Morgan fingerprint density at radius 1 is 1.48 bits per heavy atom. The summed E-state index contributed by atoms with van der Waals surface area (Å²) in [6.07, 6.45) is 3.98. The second kappa shape index (κ2) is 4.20. The van der Waals surface area contributed by atoms with Crippen LogP contribution < -0.4 is 0 Å². The number of imidazole rings is 1. The van der Waals surface area contributed by atoms with Gasteiger partial charge in [-0.25, -0.2) is 9.78 Å². The first kappa shape index (κ1) is 12.6. The highest BCUT2D eigenvalue weighted by atomic mass is 32.1. The molecule has 0 N–H and O–H groups in total. The summed E-state index contributed by atoms with van der Waals surface area (Å²) in [5.41, 5.74) is -0.102. The molecule has 2 aliphatic rings. The molecule has 0 bridgehead atoms. The maximum absolute atomic E-state index is 12.5. The Labute approximate surface area is 124 Å². The molecule has 4 rings (SSSR count). The van der Waals surface area contributed by atoms with Crippen molar-refractivity contribution in [2.45, 2.75) is 12.0 Å². The molecule has 2 aromatic heterocycles. The van der Waals surface area contributed by atoms with Crippen molar-refractivity contribution in [2.24, 2.45) is 0 Å². The van der Waals surface area contributed by atoms with Crippen LogP contribution in [0.25, 0.3) is 4.96 Å². The van der Waals surface area contributed by atoms with Crippen molar-refractivity contribution in [2.75, 3.05) is 26.7 Å². The van der Waals surface area contributed by atoms with Crippen LogP contribution in [0.15, 0.2) is 17.8 Å². The Hall–Kier alpha value is -2.09. The lowest BCUT2D eigenvalue weighted by Crippen LogP contribution is -2.39. The molecule has 0 saturated carbocycles. The molecule has 0 unspecified atom stereocenters. The van der Waals surface area contributed by atoms with Crippen LogP contribution in [-0.2, 0) is 4.74 Å². The van der Waals surface area contributed by atoms with Crippen LogP contribution in [0.4, 0.5) is 4.79 Å². The van der Waals surface area contributed by atoms with Gasteiger partial charge in [-0.2, -0.15) is 0 Å². The van der Waals surface area contributed by atoms with Crippen LogP contribution in [0, 0.1) is 0 Å². The Kier molecular flexibility index (Phi) is 2.53. The third-order valence-electron chi connectivity index (χ3n) is 4.06. The van der Waals surface area contributed by atoms with E-state index in [0.717, 1.165) is 4.96 Å². The van der Waals surface area contributed by atoms with Crippen LogP contribution in [0.3, 0.4) is 0 Å². The van der Waals surface area contributed by atoms with Gasteiger partial charge >= 0.3 is 6.09 Å². The standard InChI is InChI=1S/C13H14N4O3S/c1-15-7-13(20-12(15)19)2-3-17(8-13)10(18)9-6-16-4-5-21-11(16)14-9/h4-6H,2-3,7-8H2,1H3/t13-/m1/s1. The summed E-state index contributed by atoms with van der Waals surface area (Å²) >= 11 is 1.49. The molecule has 0 aromatic carbocycles. The van der Waals surface area contributed by atoms with E-state index in [9.17, 15) is 9.59 Å². The lowest BCUT2D eigenvalue weighted by molar-refractivity contribution is 0.0551. The zero-order valence-corrected chi connectivity index (χ0v) is 12.3. The molecule has 0 aliphatic carbocycles. The Morgan fingerprint density at radius 2 is 2.33 bits per heavy atom. The van der Waals surface area contributed by atoms with Gasteiger partial charge in [-0.3, -0.25) is 9.20 Å². The first-order valence-electron chi connectivity index (χ1n) is 6.72. The average molecular weight is 306 g/mol. The van der Waals surface area contributed by atoms with Gasteiger partial charge in [0.05, 0.1) is 13.1 Å². The second-order valence-electron chi connectivity index (χ2n) is 5.60. The fourth-order valence-electron chi connectivity index (χ4n) is 3.02. The predicted octanol–water partition coefficient (Wildman–Crippen LogP) is 1.06. The number of rotatable bonds is 1. The minimum atomic E-state index is -0.543. The molecule has 2 saturated heterocycles. The number of aromatic nitrogens is 2. The second-order valence-corrected chi connectivity index (χ2v) is 6.48. The molecule has 0 radical (unpaired) electrons. The molecule has 8 heteroatoms. The number of hydrogen-bond acceptors (Lipinski definition) is 5. The highest BCUT2D eigenvalue weighted by Crippen LogP contribution is 2.32. The molecule has 2 aliphatic heterocycles. The quantitative estimate of drug-likeness (QED) is 0.790. The lowest BCUT2D eigenvalue weighted by atomic mass is 10.0. The first-order valence-corrected chi connectivity index (χ1v) is 7.60. The van der Waals surface area contributed by atoms with Gasteiger partial charge in [-0.05, 0) is 0 Å². The van der Waals surface area contributed by atoms with Crippen molar-refractivity contribution in [1.29, 1.82) is 0 Å². The average Bonchev–Trinajstić information content (AvgIpc) is 3.14. The highest BCUT2D eigenvalue weighted by molar-refractivity contribution is 7.15. The molecule has 2 fully saturated rings. The third-order valence-corrected chi connectivity index (χ3v) is 4.83. The number of carbonyl (C=O) groups is 2. The highest BCUT2D eigenvalue weighted by Gasteiger charge is 2.49. The van der Waals surface area contributed by atoms with Gasteiger partial charge in [0.2, 0.25) is 0 Å². The summed E-state index contributed by atoms with van der Waals surface area (Å²) in [5.74, 6) is -0.103. The monoisotopic (exact) mass is 306 g/mol. The fraction of sp³-hybridized carbons (Fsp3) is 0.462. The maximum Gasteiger partial charge on any atom is 0.410 e. The summed E-state index contributed by atoms with van der Waals surface area (Å²) in [5, 5.41) is 1.93. The minimum absolute atomic E-state index is 0.103. The number of likely N-dealkylation sites (tertiary alicyclic amines) is 1. The van der Waals surface area contributed by atoms with Gasteiger partial charge in [0.1, 0.15) is 5.69 Å². The van der Waals surface area contributed by atoms with Crippen LogP contribution in [0.1, 0.15) is 16.9 Å². The van der Waals surface area contributed by atoms with E-state index in [-0.39, 0.29) is 12.0 Å². The summed E-state index contributed by atoms with van der Waals surface area (Å²) < 4.78 is 7.29. The van der Waals surface area contributed by atoms with E-state index in [4.69, 9.17) is 4.74 Å². The van der Waals surface area contributed by atoms with Crippen LogP contribution in [0.5, 0.6) is 0 Å². The van der Waals surface area contributed by atoms with Crippen LogP contribution in [0.2, 0.25) is 0 Å². The molecule has 110 valence electrons. The smallest absolute Gasteiger partial charge is 0.410 e. The van der Waals surface area contributed by atoms with Crippen LogP contribution >= 0.6 is 11.3 Å². The Morgan fingerprint density at radius 3 is 3.05 bits per heavy atom. The van der Waals surface area contributed by atoms with Crippen molar-refractivity contribution in [3.8, 4) is 0 Å². The van der Waals surface area contributed by atoms with Crippen molar-refractivity contribution in [1.82, 2.24) is 19.2 Å². The van der Waals surface area contributed by atoms with Gasteiger partial charge in [0, 0.05) is 37.8 Å². The van der Waals surface area contributed by atoms with Crippen LogP contribution in [-0.4, -0.2) is 63.5 Å². The number of ether oxygens (including phenoxy) is 1. The number of nitrogens with zero attached hydrogens (tertiary/aromatic N) is 4. The number of carbonyl (C=O) groups excluding carboxylic acids is 2. The van der Waals surface area contributed by atoms with E-state index in [0.29, 0.717) is 31.7 Å². The molecule has 21 heavy (non-hydrogen) atoms. The van der Waals surface area contributed by atoms with Gasteiger partial charge < -0.3 is 14.5 Å². The van der Waals surface area contributed by atoms with E-state index in [1.807, 2.05) is 16.0 Å². The fourth-order valence-corrected chi connectivity index (χ4v) is 3.72. The van der Waals surface area contributed by atoms with Gasteiger partial charge in [-0.15, -0.1) is 11.3 Å². The number of hydrogen-bond donors (Lipinski definition) is 0. The summed E-state index contributed by atoms with van der Waals surface area (Å²) in [7, 11) is 1.71. The van der Waals surface area contributed by atoms with E-state index in [2.05, 4.69) is 4.98 Å². The van der Waals surface area contributed by atoms with Gasteiger partial charge in [0.15, 0.2) is 10.6 Å². The first-order chi connectivity index (χ1) is 10.1. The summed E-state index contributed by atoms with van der Waals surface area (Å²) in [4.78, 5) is 32.5. The molecule has 2 amide bonds. The van der Waals surface area contributed by atoms with Gasteiger partial charge in [-0.1, -0.05) is 0 Å². The molecule has 2 aromatic rings. The summed E-state index contributed by atoms with van der Waals surface area (Å²) in [6.45, 7) is 1.56. The molecule has 4 heterocycles. The molecular weight excluding hydrogens is 292 g/mol. The zero-order valence-electron chi connectivity index (χ0n) is 11.5. The summed E-state index contributed by atoms with van der Waals surface area (Å²) in [6, 6.07) is 0. The molecule has 1 atom stereocenters. The van der Waals surface area contributed by atoms with E-state index in [1.165, 1.54) is 11.3 Å². The number of likely N-dealkylation sites (N-methyl/N-ethyl adjacent to an activating group) is 1. The van der Waals surface area contributed by atoms with E-state index >= 15 is 0 Å². The topological polar surface area (TPSA) is 67.2 Å². The predicted molar refractivity (Wildman–Crippen MR) is 75.4 cm³/mol. The van der Waals surface area contributed by atoms with E-state index < -0.39 is 5.60 Å². The minimum Gasteiger partial charge on any atom is -0.439 e. The maximum atomic E-state index is 12.5. The molecule has 1 spiro atoms. The molecular formula is C13H14N4O3S. The number of fused-ring (bicyclic) bond motifs is 1. The zero-order chi connectivity index (χ0) is 14.6. The SMILES string of the molecule is CN1C[C@@]2(CCN(C(=O)c3cn4ccsc4n3)C2)OC1=O. The van der Waals surface area contributed by atoms with Gasteiger partial charge in [0.25, 0.3) is 5.91 Å². The van der Waals surface area contributed by atoms with Crippen molar-refractivity contribution >= 4 is 28.3 Å². The third kappa shape index (κ3) is 1.90. The number of amides is 2. The lowest BCUT2D eigenvalue weighted by Gasteiger charge is -2.21.